The Labute approximate surface area is 150 Å². The SMILES string of the molecule is CCNC(=NCC(C)Cn1cccn1)NC1CCN(C(=O)C(C)C)C1. The van der Waals surface area contributed by atoms with Crippen molar-refractivity contribution in [3.05, 3.63) is 18.5 Å². The maximum Gasteiger partial charge on any atom is 0.225 e. The molecule has 2 unspecified atom stereocenters. The Bertz CT molecular complexity index is 554. The van der Waals surface area contributed by atoms with E-state index in [9.17, 15) is 4.79 Å². The largest absolute Gasteiger partial charge is 0.357 e. The smallest absolute Gasteiger partial charge is 0.225 e. The van der Waals surface area contributed by atoms with Crippen LogP contribution in [-0.2, 0) is 11.3 Å². The molecule has 2 N–H and O–H groups in total. The minimum Gasteiger partial charge on any atom is -0.357 e. The molecule has 0 spiro atoms. The maximum atomic E-state index is 12.1. The van der Waals surface area contributed by atoms with E-state index in [-0.39, 0.29) is 17.9 Å². The van der Waals surface area contributed by atoms with E-state index >= 15 is 0 Å². The predicted octanol–water partition coefficient (Wildman–Crippen LogP) is 1.33. The third kappa shape index (κ3) is 6.07. The zero-order valence-electron chi connectivity index (χ0n) is 15.9. The molecule has 1 aromatic rings. The molecule has 1 saturated heterocycles. The van der Waals surface area contributed by atoms with E-state index in [1.54, 1.807) is 6.20 Å². The topological polar surface area (TPSA) is 74.6 Å². The van der Waals surface area contributed by atoms with Crippen molar-refractivity contribution in [2.45, 2.75) is 46.7 Å². The van der Waals surface area contributed by atoms with Crippen LogP contribution in [0.15, 0.2) is 23.5 Å². The van der Waals surface area contributed by atoms with Crippen LogP contribution in [0.4, 0.5) is 0 Å². The predicted molar refractivity (Wildman–Crippen MR) is 100 cm³/mol. The Morgan fingerprint density at radius 2 is 2.20 bits per heavy atom. The van der Waals surface area contributed by atoms with E-state index in [2.05, 4.69) is 29.6 Å². The van der Waals surface area contributed by atoms with E-state index in [0.29, 0.717) is 5.92 Å². The molecule has 1 fully saturated rings. The summed E-state index contributed by atoms with van der Waals surface area (Å²) < 4.78 is 1.94. The van der Waals surface area contributed by atoms with Gasteiger partial charge < -0.3 is 15.5 Å². The standard InChI is InChI=1S/C18H32N6O/c1-5-19-18(20-11-15(4)12-24-9-6-8-21-24)22-16-7-10-23(13-16)17(25)14(2)3/h6,8-9,14-16H,5,7,10-13H2,1-4H3,(H2,19,20,22). The number of nitrogens with one attached hydrogen (secondary N) is 2. The monoisotopic (exact) mass is 348 g/mol. The lowest BCUT2D eigenvalue weighted by molar-refractivity contribution is -0.133. The number of guanidine groups is 1. The van der Waals surface area contributed by atoms with Crippen LogP contribution in [0.2, 0.25) is 0 Å². The Hall–Kier alpha value is -2.05. The average Bonchev–Trinajstić information content (AvgIpc) is 3.24. The molecule has 0 saturated carbocycles. The number of rotatable bonds is 7. The van der Waals surface area contributed by atoms with E-state index in [0.717, 1.165) is 45.1 Å². The lowest BCUT2D eigenvalue weighted by Gasteiger charge is -2.20. The van der Waals surface area contributed by atoms with Crippen LogP contribution in [0, 0.1) is 11.8 Å². The fraction of sp³-hybridized carbons (Fsp3) is 0.722. The van der Waals surface area contributed by atoms with Crippen LogP contribution >= 0.6 is 0 Å². The van der Waals surface area contributed by atoms with E-state index in [1.807, 2.05) is 35.7 Å². The number of amides is 1. The zero-order chi connectivity index (χ0) is 18.2. The Kier molecular flexibility index (Phi) is 7.28. The molecule has 2 atom stereocenters. The van der Waals surface area contributed by atoms with Gasteiger partial charge in [0.2, 0.25) is 5.91 Å². The maximum absolute atomic E-state index is 12.1. The summed E-state index contributed by atoms with van der Waals surface area (Å²) in [6, 6.07) is 2.20. The van der Waals surface area contributed by atoms with Crippen molar-refractivity contribution in [1.82, 2.24) is 25.3 Å². The van der Waals surface area contributed by atoms with Crippen LogP contribution in [-0.4, -0.2) is 58.8 Å². The normalized spacial score (nSPS) is 19.3. The van der Waals surface area contributed by atoms with E-state index < -0.39 is 0 Å². The summed E-state index contributed by atoms with van der Waals surface area (Å²) in [5.41, 5.74) is 0. The summed E-state index contributed by atoms with van der Waals surface area (Å²) in [5, 5.41) is 11.0. The van der Waals surface area contributed by atoms with Gasteiger partial charge in [-0.15, -0.1) is 0 Å². The number of carbonyl (C=O) groups excluding carboxylic acids is 1. The molecule has 1 amide bonds. The van der Waals surface area contributed by atoms with Crippen molar-refractivity contribution in [3.63, 3.8) is 0 Å². The highest BCUT2D eigenvalue weighted by atomic mass is 16.2. The lowest BCUT2D eigenvalue weighted by Crippen LogP contribution is -2.45. The summed E-state index contributed by atoms with van der Waals surface area (Å²) in [7, 11) is 0. The van der Waals surface area contributed by atoms with Crippen LogP contribution in [0.5, 0.6) is 0 Å². The summed E-state index contributed by atoms with van der Waals surface area (Å²) >= 11 is 0. The Balaban J connectivity index is 1.84. The fourth-order valence-electron chi connectivity index (χ4n) is 2.99. The van der Waals surface area contributed by atoms with Crippen LogP contribution in [0.1, 0.15) is 34.1 Å². The third-order valence-electron chi connectivity index (χ3n) is 4.30. The summed E-state index contributed by atoms with van der Waals surface area (Å²) in [5.74, 6) is 1.53. The quantitative estimate of drug-likeness (QED) is 0.576. The highest BCUT2D eigenvalue weighted by Gasteiger charge is 2.27. The number of hydrogen-bond donors (Lipinski definition) is 2. The second-order valence-corrected chi connectivity index (χ2v) is 7.12. The summed E-state index contributed by atoms with van der Waals surface area (Å²) in [6.45, 7) is 12.1. The van der Waals surface area contributed by atoms with Gasteiger partial charge in [0, 0.05) is 57.1 Å². The van der Waals surface area contributed by atoms with Crippen molar-refractivity contribution in [3.8, 4) is 0 Å². The molecule has 7 heteroatoms. The molecule has 1 aliphatic heterocycles. The number of carbonyl (C=O) groups is 1. The first kappa shape index (κ1) is 19.3. The number of aliphatic imine (C=N–C) groups is 1. The zero-order valence-corrected chi connectivity index (χ0v) is 15.9. The molecule has 25 heavy (non-hydrogen) atoms. The first-order chi connectivity index (χ1) is 12.0. The molecule has 0 aromatic carbocycles. The van der Waals surface area contributed by atoms with Crippen molar-refractivity contribution in [2.24, 2.45) is 16.8 Å². The first-order valence-corrected chi connectivity index (χ1v) is 9.30. The minimum absolute atomic E-state index is 0.0591. The molecule has 0 aliphatic carbocycles. The molecule has 0 bridgehead atoms. The highest BCUT2D eigenvalue weighted by Crippen LogP contribution is 2.12. The Morgan fingerprint density at radius 3 is 2.84 bits per heavy atom. The Morgan fingerprint density at radius 1 is 1.40 bits per heavy atom. The van der Waals surface area contributed by atoms with Crippen molar-refractivity contribution < 1.29 is 4.79 Å². The third-order valence-corrected chi connectivity index (χ3v) is 4.30. The first-order valence-electron chi connectivity index (χ1n) is 9.30. The van der Waals surface area contributed by atoms with Gasteiger partial charge in [-0.2, -0.15) is 5.10 Å². The molecule has 140 valence electrons. The van der Waals surface area contributed by atoms with Gasteiger partial charge >= 0.3 is 0 Å². The molecule has 2 rings (SSSR count). The summed E-state index contributed by atoms with van der Waals surface area (Å²) in [4.78, 5) is 18.8. The van der Waals surface area contributed by atoms with Gasteiger partial charge in [0.15, 0.2) is 5.96 Å². The fourth-order valence-corrected chi connectivity index (χ4v) is 2.99. The van der Waals surface area contributed by atoms with Gasteiger partial charge in [-0.1, -0.05) is 20.8 Å². The van der Waals surface area contributed by atoms with Gasteiger partial charge in [-0.25, -0.2) is 0 Å². The number of nitrogens with zero attached hydrogens (tertiary/aromatic N) is 4. The molecule has 2 heterocycles. The summed E-state index contributed by atoms with van der Waals surface area (Å²) in [6.07, 6.45) is 4.74. The van der Waals surface area contributed by atoms with Crippen LogP contribution < -0.4 is 10.6 Å². The van der Waals surface area contributed by atoms with Crippen molar-refractivity contribution in [2.75, 3.05) is 26.2 Å². The average molecular weight is 348 g/mol. The minimum atomic E-state index is 0.0591. The molecule has 7 nitrogen and oxygen atoms in total. The lowest BCUT2D eigenvalue weighted by atomic mass is 10.2. The van der Waals surface area contributed by atoms with E-state index in [4.69, 9.17) is 4.99 Å². The highest BCUT2D eigenvalue weighted by molar-refractivity contribution is 5.81. The van der Waals surface area contributed by atoms with Gasteiger partial charge in [0.05, 0.1) is 0 Å². The van der Waals surface area contributed by atoms with Crippen LogP contribution in [0.3, 0.4) is 0 Å². The molecule has 1 aromatic heterocycles. The van der Waals surface area contributed by atoms with Gasteiger partial charge in [-0.3, -0.25) is 14.5 Å². The van der Waals surface area contributed by atoms with Crippen molar-refractivity contribution >= 4 is 11.9 Å². The van der Waals surface area contributed by atoms with Crippen LogP contribution in [0.25, 0.3) is 0 Å². The second-order valence-electron chi connectivity index (χ2n) is 7.12. The number of likely N-dealkylation sites (tertiary alicyclic amines) is 1. The number of hydrogen-bond acceptors (Lipinski definition) is 3. The molecule has 1 aliphatic rings. The second kappa shape index (κ2) is 9.44. The van der Waals surface area contributed by atoms with E-state index in [1.165, 1.54) is 0 Å². The molecular weight excluding hydrogens is 316 g/mol. The molecule has 0 radical (unpaired) electrons. The van der Waals surface area contributed by atoms with Gasteiger partial charge in [0.25, 0.3) is 0 Å². The molecular formula is C18H32N6O. The van der Waals surface area contributed by atoms with Crippen molar-refractivity contribution in [1.29, 1.82) is 0 Å². The van der Waals surface area contributed by atoms with Gasteiger partial charge in [-0.05, 0) is 25.3 Å². The van der Waals surface area contributed by atoms with Gasteiger partial charge in [0.1, 0.15) is 0 Å². The number of aromatic nitrogens is 2.